The van der Waals surface area contributed by atoms with Gasteiger partial charge in [0.25, 0.3) is 0 Å². The van der Waals surface area contributed by atoms with Crippen molar-refractivity contribution in [3.63, 3.8) is 0 Å². The fourth-order valence-corrected chi connectivity index (χ4v) is 3.40. The van der Waals surface area contributed by atoms with Crippen LogP contribution < -0.4 is 10.2 Å². The molecule has 3 heterocycles. The maximum Gasteiger partial charge on any atom is 0.312 e. The number of nitrogens with one attached hydrogen (secondary N) is 1. The molecule has 0 bridgehead atoms. The molecule has 3 rings (SSSR count). The first kappa shape index (κ1) is 14.7. The Bertz CT molecular complexity index is 535. The number of hydrogen-bond acceptors (Lipinski definition) is 6. The van der Waals surface area contributed by atoms with Gasteiger partial charge < -0.3 is 10.2 Å². The Kier molecular flexibility index (Phi) is 4.37. The highest BCUT2D eigenvalue weighted by Gasteiger charge is 2.32. The summed E-state index contributed by atoms with van der Waals surface area (Å²) in [6, 6.07) is 2.00. The van der Waals surface area contributed by atoms with Crippen molar-refractivity contribution in [2.24, 2.45) is 0 Å². The van der Waals surface area contributed by atoms with Crippen LogP contribution in [-0.2, 0) is 0 Å². The van der Waals surface area contributed by atoms with Gasteiger partial charge >= 0.3 is 5.69 Å². The quantitative estimate of drug-likeness (QED) is 0.649. The second-order valence-corrected chi connectivity index (χ2v) is 6.34. The lowest BCUT2D eigenvalue weighted by Gasteiger charge is -2.32. The maximum atomic E-state index is 11.2. The van der Waals surface area contributed by atoms with Gasteiger partial charge in [0.15, 0.2) is 0 Å². The number of rotatable bonds is 3. The van der Waals surface area contributed by atoms with Crippen molar-refractivity contribution in [3.05, 3.63) is 26.9 Å². The van der Waals surface area contributed by atoms with Crippen LogP contribution in [-0.4, -0.2) is 60.1 Å². The van der Waals surface area contributed by atoms with E-state index < -0.39 is 0 Å². The number of hydrogen-bond donors (Lipinski definition) is 1. The molecule has 2 aliphatic heterocycles. The van der Waals surface area contributed by atoms with Crippen LogP contribution in [0, 0.1) is 10.1 Å². The van der Waals surface area contributed by atoms with E-state index in [4.69, 9.17) is 0 Å². The lowest BCUT2D eigenvalue weighted by Crippen LogP contribution is -2.49. The number of pyridine rings is 1. The van der Waals surface area contributed by atoms with Crippen LogP contribution in [0.2, 0.25) is 0 Å². The van der Waals surface area contributed by atoms with Gasteiger partial charge in [0, 0.05) is 62.0 Å². The molecule has 1 unspecified atom stereocenters. The fraction of sp³-hybridized carbons (Fsp3) is 0.615. The van der Waals surface area contributed by atoms with E-state index in [9.17, 15) is 10.1 Å². The van der Waals surface area contributed by atoms with Gasteiger partial charge in [-0.1, -0.05) is 0 Å². The summed E-state index contributed by atoms with van der Waals surface area (Å²) in [5.74, 6) is 0.487. The monoisotopic (exact) mass is 355 g/mol. The van der Waals surface area contributed by atoms with Crippen LogP contribution >= 0.6 is 15.9 Å². The van der Waals surface area contributed by atoms with Crippen LogP contribution in [0.1, 0.15) is 6.42 Å². The normalized spacial score (nSPS) is 23.5. The van der Waals surface area contributed by atoms with Crippen molar-refractivity contribution in [3.8, 4) is 0 Å². The van der Waals surface area contributed by atoms with Crippen molar-refractivity contribution >= 4 is 27.4 Å². The molecule has 1 N–H and O–H groups in total. The minimum atomic E-state index is -0.356. The summed E-state index contributed by atoms with van der Waals surface area (Å²) in [4.78, 5) is 19.6. The van der Waals surface area contributed by atoms with Crippen LogP contribution in [0.3, 0.4) is 0 Å². The summed E-state index contributed by atoms with van der Waals surface area (Å²) in [6.07, 6.45) is 2.66. The van der Waals surface area contributed by atoms with Crippen molar-refractivity contribution in [1.82, 2.24) is 15.2 Å². The average molecular weight is 356 g/mol. The molecule has 0 spiro atoms. The van der Waals surface area contributed by atoms with Gasteiger partial charge in [-0.2, -0.15) is 0 Å². The van der Waals surface area contributed by atoms with E-state index in [0.717, 1.165) is 45.7 Å². The highest BCUT2D eigenvalue weighted by Crippen LogP contribution is 2.31. The first-order chi connectivity index (χ1) is 10.1. The lowest BCUT2D eigenvalue weighted by atomic mass is 10.2. The third kappa shape index (κ3) is 3.17. The van der Waals surface area contributed by atoms with E-state index in [-0.39, 0.29) is 10.6 Å². The van der Waals surface area contributed by atoms with E-state index >= 15 is 0 Å². The van der Waals surface area contributed by atoms with Gasteiger partial charge in [0.1, 0.15) is 0 Å². The Labute approximate surface area is 131 Å². The summed E-state index contributed by atoms with van der Waals surface area (Å²) in [7, 11) is 0. The lowest BCUT2D eigenvalue weighted by molar-refractivity contribution is -0.384. The number of nitrogens with zero attached hydrogens (tertiary/aromatic N) is 4. The number of halogens is 1. The van der Waals surface area contributed by atoms with E-state index in [0.29, 0.717) is 16.3 Å². The Morgan fingerprint density at radius 3 is 2.86 bits per heavy atom. The molecule has 2 fully saturated rings. The van der Waals surface area contributed by atoms with E-state index in [1.54, 1.807) is 6.20 Å². The smallest absolute Gasteiger partial charge is 0.312 e. The number of nitro groups is 1. The van der Waals surface area contributed by atoms with Gasteiger partial charge in [-0.3, -0.25) is 15.0 Å². The topological polar surface area (TPSA) is 74.5 Å². The van der Waals surface area contributed by atoms with E-state index in [1.165, 1.54) is 6.07 Å². The molecule has 1 atom stereocenters. The maximum absolute atomic E-state index is 11.2. The molecular weight excluding hydrogens is 338 g/mol. The van der Waals surface area contributed by atoms with Crippen LogP contribution in [0.4, 0.5) is 11.5 Å². The first-order valence-electron chi connectivity index (χ1n) is 7.15. The molecule has 0 saturated carbocycles. The molecular formula is C13H18BrN5O2. The molecule has 2 aliphatic rings. The van der Waals surface area contributed by atoms with E-state index in [2.05, 4.69) is 31.1 Å². The van der Waals surface area contributed by atoms with Crippen molar-refractivity contribution in [2.75, 3.05) is 44.2 Å². The molecule has 114 valence electrons. The molecule has 0 radical (unpaired) electrons. The molecule has 0 amide bonds. The zero-order chi connectivity index (χ0) is 14.8. The van der Waals surface area contributed by atoms with Gasteiger partial charge in [-0.05, 0) is 22.4 Å². The molecule has 2 saturated heterocycles. The molecule has 21 heavy (non-hydrogen) atoms. The van der Waals surface area contributed by atoms with E-state index in [1.807, 2.05) is 4.90 Å². The first-order valence-corrected chi connectivity index (χ1v) is 7.94. The third-order valence-electron chi connectivity index (χ3n) is 4.14. The van der Waals surface area contributed by atoms with Crippen LogP contribution in [0.15, 0.2) is 16.7 Å². The molecule has 1 aromatic rings. The standard InChI is InChI=1S/C13H18BrN5O2/c14-10-7-12(19(20)21)13(16-8-10)18-4-1-11(9-18)17-5-2-15-3-6-17/h7-8,11,15H,1-6,9H2. The van der Waals surface area contributed by atoms with Crippen LogP contribution in [0.5, 0.6) is 0 Å². The van der Waals surface area contributed by atoms with Gasteiger partial charge in [-0.25, -0.2) is 4.98 Å². The van der Waals surface area contributed by atoms with Gasteiger partial charge in [0.05, 0.1) is 4.92 Å². The minimum Gasteiger partial charge on any atom is -0.349 e. The van der Waals surface area contributed by atoms with Gasteiger partial charge in [0.2, 0.25) is 5.82 Å². The SMILES string of the molecule is O=[N+]([O-])c1cc(Br)cnc1N1CCC(N2CCNCC2)C1. The largest absolute Gasteiger partial charge is 0.349 e. The average Bonchev–Trinajstić information content (AvgIpc) is 2.97. The molecule has 1 aromatic heterocycles. The number of aromatic nitrogens is 1. The predicted octanol–water partition coefficient (Wildman–Crippen LogP) is 1.24. The summed E-state index contributed by atoms with van der Waals surface area (Å²) in [5, 5.41) is 14.6. The highest BCUT2D eigenvalue weighted by atomic mass is 79.9. The molecule has 0 aliphatic carbocycles. The number of anilines is 1. The predicted molar refractivity (Wildman–Crippen MR) is 83.7 cm³/mol. The highest BCUT2D eigenvalue weighted by molar-refractivity contribution is 9.10. The number of piperazine rings is 1. The third-order valence-corrected chi connectivity index (χ3v) is 4.58. The Balaban J connectivity index is 1.75. The molecule has 0 aromatic carbocycles. The molecule has 8 heteroatoms. The summed E-state index contributed by atoms with van der Waals surface area (Å²) >= 11 is 3.25. The Morgan fingerprint density at radius 1 is 1.38 bits per heavy atom. The van der Waals surface area contributed by atoms with Crippen molar-refractivity contribution in [2.45, 2.75) is 12.5 Å². The Hall–Kier alpha value is -1.25. The zero-order valence-corrected chi connectivity index (χ0v) is 13.3. The minimum absolute atomic E-state index is 0.0744. The van der Waals surface area contributed by atoms with Crippen LogP contribution in [0.25, 0.3) is 0 Å². The van der Waals surface area contributed by atoms with Gasteiger partial charge in [-0.15, -0.1) is 0 Å². The zero-order valence-electron chi connectivity index (χ0n) is 11.7. The van der Waals surface area contributed by atoms with Crippen molar-refractivity contribution in [1.29, 1.82) is 0 Å². The molecule has 7 nitrogen and oxygen atoms in total. The van der Waals surface area contributed by atoms with Crippen molar-refractivity contribution < 1.29 is 4.92 Å². The summed E-state index contributed by atoms with van der Waals surface area (Å²) < 4.78 is 0.635. The second kappa shape index (κ2) is 6.25. The summed E-state index contributed by atoms with van der Waals surface area (Å²) in [6.45, 7) is 5.78. The summed E-state index contributed by atoms with van der Waals surface area (Å²) in [5.41, 5.74) is 0.0744. The second-order valence-electron chi connectivity index (χ2n) is 5.43. The fourth-order valence-electron chi connectivity index (χ4n) is 3.08. The Morgan fingerprint density at radius 2 is 2.14 bits per heavy atom.